The summed E-state index contributed by atoms with van der Waals surface area (Å²) in [6, 6.07) is 14.9. The molecule has 1 heterocycles. The summed E-state index contributed by atoms with van der Waals surface area (Å²) in [6.45, 7) is 2.69. The monoisotopic (exact) mass is 517 g/mol. The minimum Gasteiger partial charge on any atom is -0.453 e. The van der Waals surface area contributed by atoms with Crippen molar-refractivity contribution in [3.63, 3.8) is 0 Å². The Labute approximate surface area is 218 Å². The predicted octanol–water partition coefficient (Wildman–Crippen LogP) is 3.94. The van der Waals surface area contributed by atoms with E-state index in [0.29, 0.717) is 23.0 Å². The molecule has 2 amide bonds. The highest BCUT2D eigenvalue weighted by Gasteiger charge is 2.20. The molecule has 0 radical (unpaired) electrons. The number of hydrogen-bond donors (Lipinski definition) is 3. The molecule has 196 valence electrons. The molecule has 3 rings (SSSR count). The summed E-state index contributed by atoms with van der Waals surface area (Å²) >= 11 is 6.23. The molecule has 0 spiro atoms. The van der Waals surface area contributed by atoms with Gasteiger partial charge in [0.2, 0.25) is 0 Å². The Hall–Kier alpha value is -2.65. The maximum Gasteiger partial charge on any atom is 0.406 e. The smallest absolute Gasteiger partial charge is 0.406 e. The van der Waals surface area contributed by atoms with Gasteiger partial charge in [0.1, 0.15) is 6.10 Å². The van der Waals surface area contributed by atoms with Gasteiger partial charge in [-0.15, -0.1) is 0 Å². The van der Waals surface area contributed by atoms with E-state index in [1.807, 2.05) is 43.4 Å². The molecule has 3 atom stereocenters. The van der Waals surface area contributed by atoms with Crippen LogP contribution in [-0.2, 0) is 14.2 Å². The molecule has 0 unspecified atom stereocenters. The molecule has 1 aliphatic rings. The maximum absolute atomic E-state index is 13.0. The van der Waals surface area contributed by atoms with Crippen LogP contribution in [0.15, 0.2) is 48.5 Å². The Morgan fingerprint density at radius 3 is 2.61 bits per heavy atom. The van der Waals surface area contributed by atoms with Crippen LogP contribution >= 0.6 is 11.6 Å². The second kappa shape index (κ2) is 14.8. The van der Waals surface area contributed by atoms with E-state index in [4.69, 9.17) is 21.1 Å². The third-order valence-electron chi connectivity index (χ3n) is 6.23. The molecule has 36 heavy (non-hydrogen) atoms. The predicted molar refractivity (Wildman–Crippen MR) is 139 cm³/mol. The van der Waals surface area contributed by atoms with Crippen molar-refractivity contribution >= 4 is 23.6 Å². The quantitative estimate of drug-likeness (QED) is 0.369. The van der Waals surface area contributed by atoms with Gasteiger partial charge >= 0.3 is 6.09 Å². The van der Waals surface area contributed by atoms with Crippen molar-refractivity contribution in [1.82, 2.24) is 16.0 Å². The van der Waals surface area contributed by atoms with Gasteiger partial charge in [-0.05, 0) is 67.6 Å². The van der Waals surface area contributed by atoms with E-state index in [1.165, 1.54) is 7.11 Å². The van der Waals surface area contributed by atoms with E-state index in [9.17, 15) is 9.59 Å². The van der Waals surface area contributed by atoms with Crippen molar-refractivity contribution in [3.05, 3.63) is 70.2 Å². The Morgan fingerprint density at radius 1 is 1.14 bits per heavy atom. The van der Waals surface area contributed by atoms with Gasteiger partial charge in [0, 0.05) is 42.9 Å². The van der Waals surface area contributed by atoms with Gasteiger partial charge < -0.3 is 30.2 Å². The molecule has 2 aromatic rings. The number of alkyl carbamates (subject to hydrolysis) is 1. The van der Waals surface area contributed by atoms with E-state index in [1.54, 1.807) is 12.1 Å². The van der Waals surface area contributed by atoms with E-state index >= 15 is 0 Å². The lowest BCUT2D eigenvalue weighted by Crippen LogP contribution is -2.41. The van der Waals surface area contributed by atoms with Gasteiger partial charge in [-0.2, -0.15) is 0 Å². The Bertz CT molecular complexity index is 983. The van der Waals surface area contributed by atoms with E-state index < -0.39 is 12.2 Å². The molecule has 3 N–H and O–H groups in total. The van der Waals surface area contributed by atoms with Crippen molar-refractivity contribution < 1.29 is 23.8 Å². The number of methoxy groups -OCH3 is 1. The number of nitrogens with one attached hydrogen (secondary N) is 3. The SMILES string of the molecule is CN[C@@H](CNC(=O)c1cccc([C@@H](OCCNC(=O)OC)c2cccc(Cl)c2)c1)C[C@H]1CCCOC1. The van der Waals surface area contributed by atoms with Gasteiger partial charge in [0.15, 0.2) is 0 Å². The second-order valence-electron chi connectivity index (χ2n) is 8.86. The van der Waals surface area contributed by atoms with Gasteiger partial charge in [-0.1, -0.05) is 35.9 Å². The molecule has 0 aliphatic carbocycles. The zero-order valence-corrected chi connectivity index (χ0v) is 21.7. The lowest BCUT2D eigenvalue weighted by Gasteiger charge is -2.26. The highest BCUT2D eigenvalue weighted by atomic mass is 35.5. The van der Waals surface area contributed by atoms with Crippen LogP contribution in [0.2, 0.25) is 5.02 Å². The van der Waals surface area contributed by atoms with Crippen LogP contribution in [0.1, 0.15) is 46.9 Å². The molecule has 2 aromatic carbocycles. The minimum atomic E-state index is -0.521. The van der Waals surface area contributed by atoms with Crippen LogP contribution in [0.5, 0.6) is 0 Å². The summed E-state index contributed by atoms with van der Waals surface area (Å²) in [7, 11) is 3.23. The van der Waals surface area contributed by atoms with Crippen LogP contribution < -0.4 is 16.0 Å². The van der Waals surface area contributed by atoms with Crippen molar-refractivity contribution in [1.29, 1.82) is 0 Å². The summed E-state index contributed by atoms with van der Waals surface area (Å²) < 4.78 is 16.3. The van der Waals surface area contributed by atoms with Gasteiger partial charge in [0.25, 0.3) is 5.91 Å². The van der Waals surface area contributed by atoms with Crippen molar-refractivity contribution in [2.24, 2.45) is 5.92 Å². The molecule has 0 saturated carbocycles. The molecule has 9 heteroatoms. The Balaban J connectivity index is 1.66. The zero-order chi connectivity index (χ0) is 25.8. The average Bonchev–Trinajstić information content (AvgIpc) is 2.91. The number of benzene rings is 2. The van der Waals surface area contributed by atoms with Crippen molar-refractivity contribution in [2.45, 2.75) is 31.4 Å². The summed E-state index contributed by atoms with van der Waals surface area (Å²) in [5, 5.41) is 9.56. The number of likely N-dealkylation sites (N-methyl/N-ethyl adjacent to an activating group) is 1. The summed E-state index contributed by atoms with van der Waals surface area (Å²) in [6.07, 6.45) is 2.23. The molecule has 1 aliphatic heterocycles. The van der Waals surface area contributed by atoms with Crippen LogP contribution in [0.25, 0.3) is 0 Å². The Morgan fingerprint density at radius 2 is 1.92 bits per heavy atom. The lowest BCUT2D eigenvalue weighted by molar-refractivity contribution is 0.0478. The third-order valence-corrected chi connectivity index (χ3v) is 6.47. The highest BCUT2D eigenvalue weighted by Crippen LogP contribution is 2.28. The van der Waals surface area contributed by atoms with Crippen LogP contribution in [0, 0.1) is 5.92 Å². The summed E-state index contributed by atoms with van der Waals surface area (Å²) in [4.78, 5) is 24.3. The van der Waals surface area contributed by atoms with Crippen molar-refractivity contribution in [3.8, 4) is 0 Å². The van der Waals surface area contributed by atoms with Crippen LogP contribution in [-0.4, -0.2) is 65.1 Å². The maximum atomic E-state index is 13.0. The number of ether oxygens (including phenoxy) is 3. The molecule has 0 aromatic heterocycles. The summed E-state index contributed by atoms with van der Waals surface area (Å²) in [5.41, 5.74) is 2.21. The van der Waals surface area contributed by atoms with Gasteiger partial charge in [-0.25, -0.2) is 4.79 Å². The third kappa shape index (κ3) is 8.78. The Kier molecular flexibility index (Phi) is 11.5. The highest BCUT2D eigenvalue weighted by molar-refractivity contribution is 6.30. The first-order chi connectivity index (χ1) is 17.5. The molecular formula is C27H36ClN3O5. The number of halogens is 1. The standard InChI is InChI=1S/C27H36ClN3O5/c1-29-24(14-19-6-5-12-35-18-19)17-31-26(32)22-9-3-7-20(15-22)25(21-8-4-10-23(28)16-21)36-13-11-30-27(33)34-2/h3-4,7-10,15-16,19,24-25,29H,5-6,11-14,17-18H2,1-2H3,(H,30,33)(H,31,32)/t19-,24-,25-/m1/s1. The fraction of sp³-hybridized carbons (Fsp3) is 0.481. The van der Waals surface area contributed by atoms with Gasteiger partial charge in [-0.3, -0.25) is 4.79 Å². The lowest BCUT2D eigenvalue weighted by atomic mass is 9.94. The van der Waals surface area contributed by atoms with E-state index in [-0.39, 0.29) is 25.1 Å². The topological polar surface area (TPSA) is 97.9 Å². The number of carbonyl (C=O) groups excluding carboxylic acids is 2. The minimum absolute atomic E-state index is 0.144. The average molecular weight is 518 g/mol. The fourth-order valence-electron chi connectivity index (χ4n) is 4.32. The molecule has 1 fully saturated rings. The second-order valence-corrected chi connectivity index (χ2v) is 9.30. The number of rotatable bonds is 12. The van der Waals surface area contributed by atoms with Gasteiger partial charge in [0.05, 0.1) is 13.7 Å². The first-order valence-corrected chi connectivity index (χ1v) is 12.7. The van der Waals surface area contributed by atoms with Crippen LogP contribution in [0.4, 0.5) is 4.79 Å². The molecule has 8 nitrogen and oxygen atoms in total. The first kappa shape index (κ1) is 27.9. The normalized spacial score (nSPS) is 17.1. The molecular weight excluding hydrogens is 482 g/mol. The number of carbonyl (C=O) groups is 2. The largest absolute Gasteiger partial charge is 0.453 e. The van der Waals surface area contributed by atoms with Crippen LogP contribution in [0.3, 0.4) is 0 Å². The number of amides is 2. The molecule has 0 bridgehead atoms. The van der Waals surface area contributed by atoms with Crippen molar-refractivity contribution in [2.75, 3.05) is 47.1 Å². The first-order valence-electron chi connectivity index (χ1n) is 12.3. The summed E-state index contributed by atoms with van der Waals surface area (Å²) in [5.74, 6) is 0.370. The number of hydrogen-bond acceptors (Lipinski definition) is 6. The zero-order valence-electron chi connectivity index (χ0n) is 20.9. The van der Waals surface area contributed by atoms with E-state index in [2.05, 4.69) is 20.7 Å². The molecule has 1 saturated heterocycles. The fourth-order valence-corrected chi connectivity index (χ4v) is 4.52. The van der Waals surface area contributed by atoms with E-state index in [0.717, 1.165) is 43.6 Å².